The average Bonchev–Trinajstić information content (AvgIpc) is 2.29. The smallest absolute Gasteiger partial charge is 0.0258 e. The molecular weight excluding hydrogens is 172 g/mol. The van der Waals surface area contributed by atoms with Gasteiger partial charge in [0.1, 0.15) is 0 Å². The number of hydrogen-bond donors (Lipinski definition) is 0. The van der Waals surface area contributed by atoms with Crippen molar-refractivity contribution in [3.05, 3.63) is 0 Å². The summed E-state index contributed by atoms with van der Waals surface area (Å²) in [7, 11) is 0. The quantitative estimate of drug-likeness (QED) is 0.673. The summed E-state index contributed by atoms with van der Waals surface area (Å²) < 4.78 is 0. The Morgan fingerprint density at radius 3 is 2.57 bits per heavy atom. The fraction of sp³-hybridized carbons (Fsp3) is 1.00. The van der Waals surface area contributed by atoms with Crippen molar-refractivity contribution in [2.24, 2.45) is 0 Å². The summed E-state index contributed by atoms with van der Waals surface area (Å²) >= 11 is 0. The van der Waals surface area contributed by atoms with E-state index in [1.165, 1.54) is 64.6 Å². The first-order valence-electron chi connectivity index (χ1n) is 6.34. The van der Waals surface area contributed by atoms with Gasteiger partial charge in [-0.1, -0.05) is 12.8 Å². The molecule has 0 bridgehead atoms. The molecule has 0 spiro atoms. The van der Waals surface area contributed by atoms with Crippen molar-refractivity contribution in [1.29, 1.82) is 0 Å². The highest BCUT2D eigenvalue weighted by atomic mass is 15.1. The van der Waals surface area contributed by atoms with Crippen LogP contribution in [0.1, 0.15) is 44.9 Å². The Morgan fingerprint density at radius 2 is 1.86 bits per heavy atom. The molecule has 2 rings (SSSR count). The Morgan fingerprint density at radius 1 is 1.00 bits per heavy atom. The maximum absolute atomic E-state index is 4.69. The van der Waals surface area contributed by atoms with Crippen molar-refractivity contribution in [2.75, 3.05) is 26.2 Å². The number of rotatable bonds is 3. The summed E-state index contributed by atoms with van der Waals surface area (Å²) in [5, 5.41) is 4.69. The number of hydrogen-bond acceptors (Lipinski definition) is 1. The van der Waals surface area contributed by atoms with Gasteiger partial charge in [-0.05, 0) is 51.7 Å². The predicted molar refractivity (Wildman–Crippen MR) is 59.5 cm³/mol. The minimum Gasteiger partial charge on any atom is -0.303 e. The largest absolute Gasteiger partial charge is 0.303 e. The van der Waals surface area contributed by atoms with E-state index in [0.717, 1.165) is 6.54 Å². The first-order valence-corrected chi connectivity index (χ1v) is 6.34. The van der Waals surface area contributed by atoms with Crippen LogP contribution in [0.2, 0.25) is 0 Å². The molecule has 0 aromatic heterocycles. The molecule has 2 aliphatic rings. The zero-order valence-corrected chi connectivity index (χ0v) is 9.25. The van der Waals surface area contributed by atoms with Gasteiger partial charge in [0.25, 0.3) is 0 Å². The van der Waals surface area contributed by atoms with Crippen LogP contribution < -0.4 is 5.32 Å². The molecule has 0 amide bonds. The molecule has 1 atom stereocenters. The highest BCUT2D eigenvalue weighted by Crippen LogP contribution is 2.14. The van der Waals surface area contributed by atoms with Crippen molar-refractivity contribution < 1.29 is 0 Å². The SMILES string of the molecule is C1CCN(CCC2CCCC[N]2)CC1. The van der Waals surface area contributed by atoms with Gasteiger partial charge in [0.05, 0.1) is 0 Å². The summed E-state index contributed by atoms with van der Waals surface area (Å²) in [5.74, 6) is 0. The summed E-state index contributed by atoms with van der Waals surface area (Å²) in [6, 6.07) is 0.700. The highest BCUT2D eigenvalue weighted by Gasteiger charge is 2.16. The van der Waals surface area contributed by atoms with Gasteiger partial charge in [-0.25, -0.2) is 5.32 Å². The van der Waals surface area contributed by atoms with Crippen molar-refractivity contribution in [1.82, 2.24) is 10.2 Å². The van der Waals surface area contributed by atoms with Gasteiger partial charge in [0, 0.05) is 12.6 Å². The van der Waals surface area contributed by atoms with Crippen molar-refractivity contribution in [2.45, 2.75) is 51.0 Å². The lowest BCUT2D eigenvalue weighted by Crippen LogP contribution is -2.35. The first-order chi connectivity index (χ1) is 6.95. The van der Waals surface area contributed by atoms with Crippen LogP contribution in [0.3, 0.4) is 0 Å². The van der Waals surface area contributed by atoms with Crippen LogP contribution >= 0.6 is 0 Å². The maximum atomic E-state index is 4.69. The molecule has 2 aliphatic heterocycles. The molecular formula is C12H23N2. The molecule has 0 aromatic rings. The van der Waals surface area contributed by atoms with E-state index in [2.05, 4.69) is 10.2 Å². The second-order valence-corrected chi connectivity index (χ2v) is 4.75. The number of piperidine rings is 2. The third kappa shape index (κ3) is 3.25. The van der Waals surface area contributed by atoms with Crippen molar-refractivity contribution in [3.63, 3.8) is 0 Å². The lowest BCUT2D eigenvalue weighted by Gasteiger charge is -2.29. The molecule has 2 fully saturated rings. The minimum atomic E-state index is 0.700. The van der Waals surface area contributed by atoms with Gasteiger partial charge in [0.15, 0.2) is 0 Å². The molecule has 1 unspecified atom stereocenters. The van der Waals surface area contributed by atoms with E-state index in [9.17, 15) is 0 Å². The molecule has 2 nitrogen and oxygen atoms in total. The lowest BCUT2D eigenvalue weighted by atomic mass is 10.0. The standard InChI is InChI=1S/C12H23N2/c1-4-9-14(10-5-1)11-7-12-6-2-3-8-13-12/h12H,1-11H2. The summed E-state index contributed by atoms with van der Waals surface area (Å²) in [4.78, 5) is 2.63. The Labute approximate surface area is 88.1 Å². The van der Waals surface area contributed by atoms with E-state index in [4.69, 9.17) is 0 Å². The van der Waals surface area contributed by atoms with Crippen LogP contribution in [0.4, 0.5) is 0 Å². The summed E-state index contributed by atoms with van der Waals surface area (Å²) in [6.07, 6.45) is 9.70. The van der Waals surface area contributed by atoms with Crippen LogP contribution in [0.25, 0.3) is 0 Å². The number of likely N-dealkylation sites (tertiary alicyclic amines) is 1. The van der Waals surface area contributed by atoms with Gasteiger partial charge >= 0.3 is 0 Å². The van der Waals surface area contributed by atoms with E-state index in [-0.39, 0.29) is 0 Å². The van der Waals surface area contributed by atoms with Gasteiger partial charge in [-0.2, -0.15) is 0 Å². The highest BCUT2D eigenvalue weighted by molar-refractivity contribution is 4.74. The van der Waals surface area contributed by atoms with Gasteiger partial charge in [-0.15, -0.1) is 0 Å². The van der Waals surface area contributed by atoms with E-state index in [1.807, 2.05) is 0 Å². The molecule has 2 heteroatoms. The van der Waals surface area contributed by atoms with E-state index in [1.54, 1.807) is 0 Å². The zero-order valence-electron chi connectivity index (χ0n) is 9.25. The topological polar surface area (TPSA) is 17.3 Å². The summed E-state index contributed by atoms with van der Waals surface area (Å²) in [5.41, 5.74) is 0. The summed E-state index contributed by atoms with van der Waals surface area (Å²) in [6.45, 7) is 5.11. The molecule has 14 heavy (non-hydrogen) atoms. The third-order valence-corrected chi connectivity index (χ3v) is 3.56. The molecule has 81 valence electrons. The average molecular weight is 195 g/mol. The van der Waals surface area contributed by atoms with Gasteiger partial charge in [0.2, 0.25) is 0 Å². The normalized spacial score (nSPS) is 30.4. The maximum Gasteiger partial charge on any atom is 0.0258 e. The van der Waals surface area contributed by atoms with Crippen molar-refractivity contribution in [3.8, 4) is 0 Å². The monoisotopic (exact) mass is 195 g/mol. The first kappa shape index (κ1) is 10.4. The Kier molecular flexibility index (Phi) is 4.26. The van der Waals surface area contributed by atoms with E-state index >= 15 is 0 Å². The predicted octanol–water partition coefficient (Wildman–Crippen LogP) is 2.02. The van der Waals surface area contributed by atoms with Crippen LogP contribution in [0, 0.1) is 0 Å². The van der Waals surface area contributed by atoms with E-state index < -0.39 is 0 Å². The lowest BCUT2D eigenvalue weighted by molar-refractivity contribution is 0.210. The Hall–Kier alpha value is -0.0800. The molecule has 0 aromatic carbocycles. The van der Waals surface area contributed by atoms with Crippen LogP contribution in [-0.2, 0) is 0 Å². The molecule has 0 aliphatic carbocycles. The number of nitrogens with zero attached hydrogens (tertiary/aromatic N) is 2. The van der Waals surface area contributed by atoms with Gasteiger partial charge in [-0.3, -0.25) is 0 Å². The zero-order chi connectivity index (χ0) is 9.64. The van der Waals surface area contributed by atoms with E-state index in [0.29, 0.717) is 6.04 Å². The Bertz CT molecular complexity index is 128. The molecule has 2 saturated heterocycles. The van der Waals surface area contributed by atoms with Crippen molar-refractivity contribution >= 4 is 0 Å². The molecule has 1 radical (unpaired) electrons. The van der Waals surface area contributed by atoms with Crippen LogP contribution in [0.5, 0.6) is 0 Å². The molecule has 0 saturated carbocycles. The Balaban J connectivity index is 1.60. The van der Waals surface area contributed by atoms with Crippen LogP contribution in [-0.4, -0.2) is 37.1 Å². The fourth-order valence-electron chi connectivity index (χ4n) is 2.61. The fourth-order valence-corrected chi connectivity index (χ4v) is 2.61. The second-order valence-electron chi connectivity index (χ2n) is 4.75. The molecule has 0 N–H and O–H groups in total. The minimum absolute atomic E-state index is 0.700. The van der Waals surface area contributed by atoms with Crippen LogP contribution in [0.15, 0.2) is 0 Å². The molecule has 2 heterocycles. The third-order valence-electron chi connectivity index (χ3n) is 3.56. The second kappa shape index (κ2) is 5.72. The van der Waals surface area contributed by atoms with Gasteiger partial charge < -0.3 is 4.90 Å².